The summed E-state index contributed by atoms with van der Waals surface area (Å²) in [7, 11) is 1.40. The quantitative estimate of drug-likeness (QED) is 0.563. The first-order chi connectivity index (χ1) is 9.35. The van der Waals surface area contributed by atoms with Crippen molar-refractivity contribution in [1.29, 1.82) is 0 Å². The van der Waals surface area contributed by atoms with E-state index in [0.29, 0.717) is 5.75 Å². The lowest BCUT2D eigenvalue weighted by molar-refractivity contribution is -0.141. The number of hydrogen-bond acceptors (Lipinski definition) is 5. The fourth-order valence-electron chi connectivity index (χ4n) is 1.80. The van der Waals surface area contributed by atoms with Crippen LogP contribution in [0.1, 0.15) is 23.7 Å². The molecule has 7 nitrogen and oxygen atoms in total. The molecule has 0 aliphatic rings. The maximum atomic E-state index is 10.8. The number of carboxylic acids is 2. The number of rotatable bonds is 7. The molecule has 0 saturated heterocycles. The molecule has 0 radical (unpaired) electrons. The molecule has 0 fully saturated rings. The second-order valence-electron chi connectivity index (χ2n) is 4.25. The number of hydrogen-bond donors (Lipinski definition) is 4. The van der Waals surface area contributed by atoms with Gasteiger partial charge in [0.05, 0.1) is 26.1 Å². The third-order valence-electron chi connectivity index (χ3n) is 2.76. The Labute approximate surface area is 115 Å². The Kier molecular flexibility index (Phi) is 5.48. The number of aliphatic carboxylic acids is 2. The number of methoxy groups -OCH3 is 1. The van der Waals surface area contributed by atoms with Crippen LogP contribution in [0.15, 0.2) is 18.2 Å². The van der Waals surface area contributed by atoms with Crippen molar-refractivity contribution in [3.05, 3.63) is 29.3 Å². The Bertz CT molecular complexity index is 497. The molecule has 1 aromatic carbocycles. The molecule has 110 valence electrons. The van der Waals surface area contributed by atoms with Gasteiger partial charge in [-0.2, -0.15) is 0 Å². The molecule has 1 aromatic rings. The smallest absolute Gasteiger partial charge is 0.307 e. The highest BCUT2D eigenvalue weighted by atomic mass is 16.5. The molecule has 0 saturated carbocycles. The Morgan fingerprint density at radius 1 is 1.20 bits per heavy atom. The standard InChI is InChI=1S/C13H16O7/c1-20-8-3-2-7(4-11(15)16)9(5-8)13(19)10(14)6-12(17)18/h2-3,5,10,13-14,19H,4,6H2,1H3,(H,15,16)(H,17,18). The minimum absolute atomic E-state index is 0.139. The van der Waals surface area contributed by atoms with Gasteiger partial charge in [0.1, 0.15) is 11.9 Å². The normalized spacial score (nSPS) is 13.6. The molecule has 20 heavy (non-hydrogen) atoms. The van der Waals surface area contributed by atoms with Crippen molar-refractivity contribution in [1.82, 2.24) is 0 Å². The van der Waals surface area contributed by atoms with E-state index in [4.69, 9.17) is 14.9 Å². The van der Waals surface area contributed by atoms with Crippen LogP contribution in [0.3, 0.4) is 0 Å². The molecular weight excluding hydrogens is 268 g/mol. The van der Waals surface area contributed by atoms with E-state index in [9.17, 15) is 19.8 Å². The first-order valence-corrected chi connectivity index (χ1v) is 5.81. The first-order valence-electron chi connectivity index (χ1n) is 5.81. The monoisotopic (exact) mass is 284 g/mol. The minimum Gasteiger partial charge on any atom is -0.497 e. The van der Waals surface area contributed by atoms with Crippen LogP contribution >= 0.6 is 0 Å². The Morgan fingerprint density at radius 2 is 1.85 bits per heavy atom. The third kappa shape index (κ3) is 4.22. The lowest BCUT2D eigenvalue weighted by Crippen LogP contribution is -2.23. The van der Waals surface area contributed by atoms with Gasteiger partial charge in [-0.05, 0) is 23.3 Å². The zero-order chi connectivity index (χ0) is 15.3. The summed E-state index contributed by atoms with van der Waals surface area (Å²) in [6, 6.07) is 4.37. The molecule has 2 unspecified atom stereocenters. The van der Waals surface area contributed by atoms with Gasteiger partial charge in [0.25, 0.3) is 0 Å². The molecule has 0 aromatic heterocycles. The van der Waals surface area contributed by atoms with Gasteiger partial charge in [-0.1, -0.05) is 6.07 Å². The van der Waals surface area contributed by atoms with E-state index in [-0.39, 0.29) is 17.5 Å². The van der Waals surface area contributed by atoms with Crippen molar-refractivity contribution >= 4 is 11.9 Å². The molecule has 0 amide bonds. The molecular formula is C13H16O7. The number of aliphatic hydroxyl groups excluding tert-OH is 2. The summed E-state index contributed by atoms with van der Waals surface area (Å²) < 4.78 is 4.97. The molecule has 2 atom stereocenters. The minimum atomic E-state index is -1.54. The van der Waals surface area contributed by atoms with E-state index in [1.807, 2.05) is 0 Å². The average molecular weight is 284 g/mol. The van der Waals surface area contributed by atoms with Crippen molar-refractivity contribution in [2.75, 3.05) is 7.11 Å². The number of aliphatic hydroxyl groups is 2. The largest absolute Gasteiger partial charge is 0.497 e. The zero-order valence-electron chi connectivity index (χ0n) is 10.8. The van der Waals surface area contributed by atoms with Crippen molar-refractivity contribution in [3.8, 4) is 5.75 Å². The van der Waals surface area contributed by atoms with Gasteiger partial charge in [-0.3, -0.25) is 9.59 Å². The number of carboxylic acid groups (broad SMARTS) is 2. The SMILES string of the molecule is COc1ccc(CC(=O)O)c(C(O)C(O)CC(=O)O)c1. The molecule has 7 heteroatoms. The molecule has 0 aliphatic heterocycles. The number of carbonyl (C=O) groups is 2. The molecule has 4 N–H and O–H groups in total. The van der Waals surface area contributed by atoms with Gasteiger partial charge < -0.3 is 25.2 Å². The highest BCUT2D eigenvalue weighted by Crippen LogP contribution is 2.27. The fraction of sp³-hybridized carbons (Fsp3) is 0.385. The fourth-order valence-corrected chi connectivity index (χ4v) is 1.80. The first kappa shape index (κ1) is 15.9. The second kappa shape index (κ2) is 6.88. The third-order valence-corrected chi connectivity index (χ3v) is 2.76. The second-order valence-corrected chi connectivity index (χ2v) is 4.25. The van der Waals surface area contributed by atoms with Gasteiger partial charge in [-0.15, -0.1) is 0 Å². The van der Waals surface area contributed by atoms with E-state index < -0.39 is 30.6 Å². The lowest BCUT2D eigenvalue weighted by Gasteiger charge is -2.20. The van der Waals surface area contributed by atoms with Crippen LogP contribution in [-0.2, 0) is 16.0 Å². The summed E-state index contributed by atoms with van der Waals surface area (Å²) in [6.45, 7) is 0. The maximum absolute atomic E-state index is 10.8. The molecule has 0 spiro atoms. The Balaban J connectivity index is 3.10. The zero-order valence-corrected chi connectivity index (χ0v) is 10.8. The maximum Gasteiger partial charge on any atom is 0.307 e. The van der Waals surface area contributed by atoms with Crippen LogP contribution < -0.4 is 4.74 Å². The lowest BCUT2D eigenvalue weighted by atomic mass is 9.95. The van der Waals surface area contributed by atoms with E-state index >= 15 is 0 Å². The topological polar surface area (TPSA) is 124 Å². The predicted octanol–water partition coefficient (Wildman–Crippen LogP) is 0.191. The van der Waals surface area contributed by atoms with Crippen molar-refractivity contribution in [2.45, 2.75) is 25.0 Å². The average Bonchev–Trinajstić information content (AvgIpc) is 2.37. The molecule has 1 rings (SSSR count). The van der Waals surface area contributed by atoms with Gasteiger partial charge in [-0.25, -0.2) is 0 Å². The van der Waals surface area contributed by atoms with Gasteiger partial charge in [0.2, 0.25) is 0 Å². The van der Waals surface area contributed by atoms with E-state index in [0.717, 1.165) is 0 Å². The van der Waals surface area contributed by atoms with Crippen LogP contribution in [0.25, 0.3) is 0 Å². The summed E-state index contributed by atoms with van der Waals surface area (Å²) in [5, 5.41) is 37.1. The van der Waals surface area contributed by atoms with Crippen LogP contribution in [0.2, 0.25) is 0 Å². The van der Waals surface area contributed by atoms with E-state index in [1.165, 1.54) is 25.3 Å². The van der Waals surface area contributed by atoms with E-state index in [1.54, 1.807) is 0 Å². The van der Waals surface area contributed by atoms with Crippen LogP contribution in [-0.4, -0.2) is 45.6 Å². The van der Waals surface area contributed by atoms with E-state index in [2.05, 4.69) is 0 Å². The van der Waals surface area contributed by atoms with Gasteiger partial charge in [0, 0.05) is 0 Å². The van der Waals surface area contributed by atoms with Crippen LogP contribution in [0.5, 0.6) is 5.75 Å². The molecule has 0 bridgehead atoms. The van der Waals surface area contributed by atoms with Crippen molar-refractivity contribution in [2.24, 2.45) is 0 Å². The van der Waals surface area contributed by atoms with Crippen molar-refractivity contribution < 1.29 is 34.8 Å². The van der Waals surface area contributed by atoms with Crippen LogP contribution in [0.4, 0.5) is 0 Å². The molecule has 0 aliphatic carbocycles. The van der Waals surface area contributed by atoms with Gasteiger partial charge in [0.15, 0.2) is 0 Å². The van der Waals surface area contributed by atoms with Crippen LogP contribution in [0, 0.1) is 0 Å². The number of ether oxygens (including phenoxy) is 1. The summed E-state index contributed by atoms with van der Waals surface area (Å²) in [5.74, 6) is -1.99. The highest BCUT2D eigenvalue weighted by molar-refractivity contribution is 5.71. The van der Waals surface area contributed by atoms with Gasteiger partial charge >= 0.3 is 11.9 Å². The summed E-state index contributed by atoms with van der Waals surface area (Å²) >= 11 is 0. The highest BCUT2D eigenvalue weighted by Gasteiger charge is 2.24. The molecule has 0 heterocycles. The summed E-state index contributed by atoms with van der Waals surface area (Å²) in [4.78, 5) is 21.3. The van der Waals surface area contributed by atoms with Crippen molar-refractivity contribution in [3.63, 3.8) is 0 Å². The summed E-state index contributed by atoms with van der Waals surface area (Å²) in [6.07, 6.45) is -4.04. The Morgan fingerprint density at radius 3 is 2.35 bits per heavy atom. The Hall–Kier alpha value is -2.12. The predicted molar refractivity (Wildman–Crippen MR) is 67.6 cm³/mol. The summed E-state index contributed by atoms with van der Waals surface area (Å²) in [5.41, 5.74) is 0.427. The number of benzene rings is 1.